The number of benzene rings is 1. The molecule has 0 fully saturated rings. The van der Waals surface area contributed by atoms with Gasteiger partial charge in [0.15, 0.2) is 5.96 Å². The molecule has 0 aliphatic heterocycles. The van der Waals surface area contributed by atoms with Crippen molar-refractivity contribution in [2.45, 2.75) is 19.6 Å². The van der Waals surface area contributed by atoms with E-state index in [1.807, 2.05) is 36.6 Å². The number of rotatable bonds is 6. The van der Waals surface area contributed by atoms with Crippen LogP contribution in [0.3, 0.4) is 0 Å². The Bertz CT molecular complexity index is 607. The minimum Gasteiger partial charge on any atom is -0.387 e. The Morgan fingerprint density at radius 3 is 2.70 bits per heavy atom. The van der Waals surface area contributed by atoms with Gasteiger partial charge in [0, 0.05) is 28.6 Å². The molecular weight excluding hydrogens is 445 g/mol. The smallest absolute Gasteiger partial charge is 0.191 e. The summed E-state index contributed by atoms with van der Waals surface area (Å²) in [6, 6.07) is 11.4. The van der Waals surface area contributed by atoms with Crippen molar-refractivity contribution >= 4 is 52.9 Å². The molecule has 0 saturated heterocycles. The fraction of sp³-hybridized carbons (Fsp3) is 0.312. The van der Waals surface area contributed by atoms with Crippen LogP contribution in [0.4, 0.5) is 0 Å². The van der Waals surface area contributed by atoms with Crippen molar-refractivity contribution in [1.82, 2.24) is 10.6 Å². The average molecular weight is 466 g/mol. The van der Waals surface area contributed by atoms with Crippen molar-refractivity contribution in [3.8, 4) is 0 Å². The van der Waals surface area contributed by atoms with Crippen LogP contribution in [0.2, 0.25) is 5.02 Å². The number of nitrogens with one attached hydrogen (secondary N) is 2. The highest BCUT2D eigenvalue weighted by atomic mass is 127. The summed E-state index contributed by atoms with van der Waals surface area (Å²) in [5, 5.41) is 19.2. The highest BCUT2D eigenvalue weighted by Crippen LogP contribution is 2.21. The Balaban J connectivity index is 0.00000264. The van der Waals surface area contributed by atoms with E-state index in [1.165, 1.54) is 4.88 Å². The maximum atomic E-state index is 10.2. The Kier molecular flexibility index (Phi) is 9.54. The molecule has 23 heavy (non-hydrogen) atoms. The molecule has 1 atom stereocenters. The van der Waals surface area contributed by atoms with Crippen molar-refractivity contribution < 1.29 is 5.11 Å². The lowest BCUT2D eigenvalue weighted by Gasteiger charge is -2.16. The number of nitrogens with zero attached hydrogens (tertiary/aromatic N) is 1. The number of aliphatic hydroxyl groups is 1. The van der Waals surface area contributed by atoms with E-state index in [2.05, 4.69) is 21.7 Å². The third-order valence-corrected chi connectivity index (χ3v) is 4.25. The SMILES string of the molecule is CCNC(=NCc1cccs1)NCC(O)c1ccccc1Cl.I. The quantitative estimate of drug-likeness (QED) is 0.345. The Labute approximate surface area is 163 Å². The van der Waals surface area contributed by atoms with Gasteiger partial charge in [-0.15, -0.1) is 35.3 Å². The Morgan fingerprint density at radius 2 is 2.04 bits per heavy atom. The van der Waals surface area contributed by atoms with Gasteiger partial charge in [-0.05, 0) is 24.4 Å². The first-order chi connectivity index (χ1) is 10.7. The van der Waals surface area contributed by atoms with Crippen LogP contribution in [-0.2, 0) is 6.54 Å². The normalized spacial score (nSPS) is 12.4. The van der Waals surface area contributed by atoms with Crippen molar-refractivity contribution in [2.75, 3.05) is 13.1 Å². The lowest BCUT2D eigenvalue weighted by molar-refractivity contribution is 0.181. The molecule has 1 unspecified atom stereocenters. The number of hydrogen-bond acceptors (Lipinski definition) is 3. The van der Waals surface area contributed by atoms with Gasteiger partial charge in [0.2, 0.25) is 0 Å². The van der Waals surface area contributed by atoms with Crippen LogP contribution in [0.1, 0.15) is 23.5 Å². The number of thiophene rings is 1. The van der Waals surface area contributed by atoms with Gasteiger partial charge in [0.1, 0.15) is 0 Å². The zero-order chi connectivity index (χ0) is 15.8. The van der Waals surface area contributed by atoms with Crippen LogP contribution in [0.25, 0.3) is 0 Å². The van der Waals surface area contributed by atoms with Crippen LogP contribution < -0.4 is 10.6 Å². The third-order valence-electron chi connectivity index (χ3n) is 3.04. The Hall–Kier alpha value is -0.830. The molecule has 0 saturated carbocycles. The first kappa shape index (κ1) is 20.2. The minimum absolute atomic E-state index is 0. The summed E-state index contributed by atoms with van der Waals surface area (Å²) >= 11 is 7.77. The topological polar surface area (TPSA) is 56.7 Å². The van der Waals surface area contributed by atoms with E-state index in [0.29, 0.717) is 29.6 Å². The van der Waals surface area contributed by atoms with Gasteiger partial charge < -0.3 is 15.7 Å². The van der Waals surface area contributed by atoms with Gasteiger partial charge in [0.25, 0.3) is 0 Å². The average Bonchev–Trinajstić information content (AvgIpc) is 3.03. The lowest BCUT2D eigenvalue weighted by Crippen LogP contribution is -2.39. The van der Waals surface area contributed by atoms with E-state index in [1.54, 1.807) is 17.4 Å². The van der Waals surface area contributed by atoms with E-state index in [0.717, 1.165) is 6.54 Å². The predicted octanol–water partition coefficient (Wildman–Crippen LogP) is 3.81. The molecule has 0 bridgehead atoms. The molecule has 7 heteroatoms. The molecule has 2 aromatic rings. The largest absolute Gasteiger partial charge is 0.387 e. The van der Waals surface area contributed by atoms with Crippen LogP contribution in [-0.4, -0.2) is 24.2 Å². The van der Waals surface area contributed by atoms with Crippen molar-refractivity contribution in [2.24, 2.45) is 4.99 Å². The maximum absolute atomic E-state index is 10.2. The highest BCUT2D eigenvalue weighted by Gasteiger charge is 2.11. The van der Waals surface area contributed by atoms with E-state index in [9.17, 15) is 5.11 Å². The summed E-state index contributed by atoms with van der Waals surface area (Å²) in [4.78, 5) is 5.70. The molecule has 0 aliphatic carbocycles. The number of halogens is 2. The standard InChI is InChI=1S/C16H20ClN3OS.HI/c1-2-18-16(19-10-12-6-5-9-22-12)20-11-15(21)13-7-3-4-8-14(13)17;/h3-9,15,21H,2,10-11H2,1H3,(H2,18,19,20);1H. The van der Waals surface area contributed by atoms with E-state index < -0.39 is 6.10 Å². The van der Waals surface area contributed by atoms with Gasteiger partial charge in [-0.3, -0.25) is 0 Å². The first-order valence-electron chi connectivity index (χ1n) is 7.17. The number of guanidine groups is 1. The molecule has 1 aromatic heterocycles. The number of aliphatic hydroxyl groups excluding tert-OH is 1. The lowest BCUT2D eigenvalue weighted by atomic mass is 10.1. The van der Waals surface area contributed by atoms with E-state index in [-0.39, 0.29) is 24.0 Å². The van der Waals surface area contributed by atoms with E-state index in [4.69, 9.17) is 11.6 Å². The second-order valence-electron chi connectivity index (χ2n) is 4.69. The van der Waals surface area contributed by atoms with Crippen molar-refractivity contribution in [3.05, 3.63) is 57.2 Å². The molecule has 4 nitrogen and oxygen atoms in total. The van der Waals surface area contributed by atoms with E-state index >= 15 is 0 Å². The summed E-state index contributed by atoms with van der Waals surface area (Å²) in [7, 11) is 0. The molecule has 0 radical (unpaired) electrons. The van der Waals surface area contributed by atoms with Gasteiger partial charge in [-0.2, -0.15) is 0 Å². The number of aliphatic imine (C=N–C) groups is 1. The second kappa shape index (κ2) is 10.9. The molecule has 0 aliphatic rings. The third kappa shape index (κ3) is 6.66. The molecular formula is C16H21ClIN3OS. The summed E-state index contributed by atoms with van der Waals surface area (Å²) in [6.45, 7) is 3.74. The van der Waals surface area contributed by atoms with Crippen LogP contribution in [0.5, 0.6) is 0 Å². The monoisotopic (exact) mass is 465 g/mol. The van der Waals surface area contributed by atoms with Gasteiger partial charge >= 0.3 is 0 Å². The highest BCUT2D eigenvalue weighted by molar-refractivity contribution is 14.0. The molecule has 3 N–H and O–H groups in total. The molecule has 0 amide bonds. The van der Waals surface area contributed by atoms with Gasteiger partial charge in [-0.1, -0.05) is 35.9 Å². The summed E-state index contributed by atoms with van der Waals surface area (Å²) < 4.78 is 0. The zero-order valence-electron chi connectivity index (χ0n) is 12.8. The molecule has 0 spiro atoms. The van der Waals surface area contributed by atoms with Crippen molar-refractivity contribution in [1.29, 1.82) is 0 Å². The fourth-order valence-corrected chi connectivity index (χ4v) is 2.84. The molecule has 2 rings (SSSR count). The second-order valence-corrected chi connectivity index (χ2v) is 6.13. The summed E-state index contributed by atoms with van der Waals surface area (Å²) in [5.41, 5.74) is 0.714. The molecule has 1 heterocycles. The van der Waals surface area contributed by atoms with Gasteiger partial charge in [-0.25, -0.2) is 4.99 Å². The number of hydrogen-bond donors (Lipinski definition) is 3. The van der Waals surface area contributed by atoms with Crippen LogP contribution in [0, 0.1) is 0 Å². The first-order valence-corrected chi connectivity index (χ1v) is 8.43. The van der Waals surface area contributed by atoms with Crippen LogP contribution >= 0.6 is 46.9 Å². The van der Waals surface area contributed by atoms with Crippen LogP contribution in [0.15, 0.2) is 46.8 Å². The van der Waals surface area contributed by atoms with Gasteiger partial charge in [0.05, 0.1) is 12.6 Å². The summed E-state index contributed by atoms with van der Waals surface area (Å²) in [5.74, 6) is 0.682. The fourth-order valence-electron chi connectivity index (χ4n) is 1.95. The molecule has 1 aromatic carbocycles. The predicted molar refractivity (Wildman–Crippen MR) is 109 cm³/mol. The maximum Gasteiger partial charge on any atom is 0.191 e. The summed E-state index contributed by atoms with van der Waals surface area (Å²) in [6.07, 6.45) is -0.681. The van der Waals surface area contributed by atoms with Crippen molar-refractivity contribution in [3.63, 3.8) is 0 Å². The Morgan fingerprint density at radius 1 is 1.26 bits per heavy atom. The molecule has 126 valence electrons. The minimum atomic E-state index is -0.681. The zero-order valence-corrected chi connectivity index (χ0v) is 16.7.